The third-order valence-electron chi connectivity index (χ3n) is 3.83. The first-order valence-electron chi connectivity index (χ1n) is 8.08. The predicted octanol–water partition coefficient (Wildman–Crippen LogP) is 2.33. The van der Waals surface area contributed by atoms with Crippen molar-refractivity contribution in [3.8, 4) is 5.75 Å². The van der Waals surface area contributed by atoms with E-state index < -0.39 is 17.6 Å². The van der Waals surface area contributed by atoms with Crippen molar-refractivity contribution in [2.24, 2.45) is 0 Å². The van der Waals surface area contributed by atoms with E-state index >= 15 is 0 Å². The molecule has 0 unspecified atom stereocenters. The third kappa shape index (κ3) is 6.51. The van der Waals surface area contributed by atoms with Gasteiger partial charge in [-0.3, -0.25) is 9.69 Å². The van der Waals surface area contributed by atoms with Crippen LogP contribution in [0.25, 0.3) is 0 Å². The van der Waals surface area contributed by atoms with Crippen molar-refractivity contribution in [3.05, 3.63) is 42.0 Å². The van der Waals surface area contributed by atoms with Crippen molar-refractivity contribution < 1.29 is 22.7 Å². The fourth-order valence-corrected chi connectivity index (χ4v) is 2.52. The molecular weight excluding hydrogens is 371 g/mol. The summed E-state index contributed by atoms with van der Waals surface area (Å²) in [7, 11) is 0. The van der Waals surface area contributed by atoms with Crippen LogP contribution in [0.2, 0.25) is 0 Å². The third-order valence-corrected chi connectivity index (χ3v) is 3.83. The molecule has 1 aromatic rings. The molecule has 0 aromatic heterocycles. The van der Waals surface area contributed by atoms with E-state index in [0.717, 1.165) is 44.4 Å². The zero-order valence-electron chi connectivity index (χ0n) is 14.3. The Labute approximate surface area is 157 Å². The van der Waals surface area contributed by atoms with Gasteiger partial charge in [0, 0.05) is 39.3 Å². The van der Waals surface area contributed by atoms with Crippen molar-refractivity contribution in [3.63, 3.8) is 0 Å². The maximum absolute atomic E-state index is 12.9. The number of carbonyl (C=O) groups is 1. The molecule has 2 rings (SSSR count). The summed E-state index contributed by atoms with van der Waals surface area (Å²) in [6, 6.07) is 2.88. The lowest BCUT2D eigenvalue weighted by Gasteiger charge is -2.27. The minimum absolute atomic E-state index is 0. The van der Waals surface area contributed by atoms with E-state index in [9.17, 15) is 18.0 Å². The largest absolute Gasteiger partial charge is 0.489 e. The SMILES string of the molecule is C=CCOc1ccc(C(F)(F)F)cc1C(=O)NCCN1CCNCC1.Cl. The van der Waals surface area contributed by atoms with Gasteiger partial charge < -0.3 is 15.4 Å². The van der Waals surface area contributed by atoms with Gasteiger partial charge in [0.25, 0.3) is 5.91 Å². The lowest BCUT2D eigenvalue weighted by atomic mass is 10.1. The van der Waals surface area contributed by atoms with Crippen LogP contribution in [-0.2, 0) is 6.18 Å². The highest BCUT2D eigenvalue weighted by Gasteiger charge is 2.32. The molecule has 146 valence electrons. The van der Waals surface area contributed by atoms with Crippen LogP contribution in [0.1, 0.15) is 15.9 Å². The Morgan fingerprint density at radius 3 is 2.65 bits per heavy atom. The second kappa shape index (κ2) is 10.4. The summed E-state index contributed by atoms with van der Waals surface area (Å²) in [4.78, 5) is 14.5. The van der Waals surface area contributed by atoms with Gasteiger partial charge in [0.05, 0.1) is 11.1 Å². The Hall–Kier alpha value is -1.77. The van der Waals surface area contributed by atoms with Crippen molar-refractivity contribution in [1.29, 1.82) is 0 Å². The minimum atomic E-state index is -4.52. The fraction of sp³-hybridized carbons (Fsp3) is 0.471. The van der Waals surface area contributed by atoms with E-state index in [-0.39, 0.29) is 30.3 Å². The maximum Gasteiger partial charge on any atom is 0.416 e. The molecule has 0 bridgehead atoms. The van der Waals surface area contributed by atoms with Crippen LogP contribution in [0.15, 0.2) is 30.9 Å². The molecule has 0 atom stereocenters. The van der Waals surface area contributed by atoms with Gasteiger partial charge in [-0.05, 0) is 18.2 Å². The Morgan fingerprint density at radius 1 is 1.35 bits per heavy atom. The molecule has 0 aliphatic carbocycles. The van der Waals surface area contributed by atoms with E-state index in [1.165, 1.54) is 6.08 Å². The Balaban J connectivity index is 0.00000338. The highest BCUT2D eigenvalue weighted by Crippen LogP contribution is 2.32. The normalized spacial score (nSPS) is 15.0. The second-order valence-corrected chi connectivity index (χ2v) is 5.66. The summed E-state index contributed by atoms with van der Waals surface area (Å²) < 4.78 is 44.0. The highest BCUT2D eigenvalue weighted by atomic mass is 35.5. The molecule has 26 heavy (non-hydrogen) atoms. The number of alkyl halides is 3. The number of hydrogen-bond donors (Lipinski definition) is 2. The topological polar surface area (TPSA) is 53.6 Å². The number of rotatable bonds is 7. The van der Waals surface area contributed by atoms with E-state index in [0.29, 0.717) is 13.1 Å². The number of ether oxygens (including phenoxy) is 1. The number of carbonyl (C=O) groups excluding carboxylic acids is 1. The molecule has 2 N–H and O–H groups in total. The van der Waals surface area contributed by atoms with E-state index in [1.807, 2.05) is 0 Å². The summed E-state index contributed by atoms with van der Waals surface area (Å²) >= 11 is 0. The standard InChI is InChI=1S/C17H22F3N3O2.ClH/c1-2-11-25-15-4-3-13(17(18,19)20)12-14(15)16(24)22-7-10-23-8-5-21-6-9-23;/h2-4,12,21H,1,5-11H2,(H,22,24);1H. The van der Waals surface area contributed by atoms with Crippen molar-refractivity contribution >= 4 is 18.3 Å². The molecule has 0 spiro atoms. The Morgan fingerprint density at radius 2 is 2.04 bits per heavy atom. The lowest BCUT2D eigenvalue weighted by molar-refractivity contribution is -0.137. The summed E-state index contributed by atoms with van der Waals surface area (Å²) in [5, 5.41) is 5.89. The number of hydrogen-bond acceptors (Lipinski definition) is 4. The summed E-state index contributed by atoms with van der Waals surface area (Å²) in [5.74, 6) is -0.479. The van der Waals surface area contributed by atoms with Crippen molar-refractivity contribution in [2.75, 3.05) is 45.9 Å². The zero-order chi connectivity index (χ0) is 18.3. The maximum atomic E-state index is 12.9. The first-order valence-corrected chi connectivity index (χ1v) is 8.08. The summed E-state index contributed by atoms with van der Waals surface area (Å²) in [5.41, 5.74) is -1.01. The molecule has 1 heterocycles. The minimum Gasteiger partial charge on any atom is -0.489 e. The van der Waals surface area contributed by atoms with Crippen LogP contribution in [0.3, 0.4) is 0 Å². The van der Waals surface area contributed by atoms with E-state index in [4.69, 9.17) is 4.74 Å². The van der Waals surface area contributed by atoms with Crippen LogP contribution >= 0.6 is 12.4 Å². The molecule has 5 nitrogen and oxygen atoms in total. The number of halogens is 4. The average Bonchev–Trinajstić information content (AvgIpc) is 2.59. The van der Waals surface area contributed by atoms with Crippen LogP contribution < -0.4 is 15.4 Å². The van der Waals surface area contributed by atoms with Gasteiger partial charge in [-0.2, -0.15) is 13.2 Å². The lowest BCUT2D eigenvalue weighted by Crippen LogP contribution is -2.46. The first kappa shape index (κ1) is 22.3. The molecule has 1 saturated heterocycles. The molecule has 1 amide bonds. The molecular formula is C17H23ClF3N3O2. The first-order chi connectivity index (χ1) is 11.9. The molecule has 0 saturated carbocycles. The summed E-state index contributed by atoms with van der Waals surface area (Å²) in [6.45, 7) is 8.15. The van der Waals surface area contributed by atoms with Gasteiger partial charge in [-0.25, -0.2) is 0 Å². The summed E-state index contributed by atoms with van der Waals surface area (Å²) in [6.07, 6.45) is -3.06. The molecule has 9 heteroatoms. The van der Waals surface area contributed by atoms with Gasteiger partial charge in [0.15, 0.2) is 0 Å². The Bertz CT molecular complexity index is 605. The fourth-order valence-electron chi connectivity index (χ4n) is 2.52. The van der Waals surface area contributed by atoms with Gasteiger partial charge >= 0.3 is 6.18 Å². The molecule has 1 fully saturated rings. The van der Waals surface area contributed by atoms with Gasteiger partial charge in [-0.15, -0.1) is 12.4 Å². The predicted molar refractivity (Wildman–Crippen MR) is 96.0 cm³/mol. The van der Waals surface area contributed by atoms with Crippen LogP contribution in [0, 0.1) is 0 Å². The van der Waals surface area contributed by atoms with Gasteiger partial charge in [-0.1, -0.05) is 12.7 Å². The van der Waals surface area contributed by atoms with Crippen molar-refractivity contribution in [2.45, 2.75) is 6.18 Å². The number of benzene rings is 1. The molecule has 1 aliphatic rings. The van der Waals surface area contributed by atoms with E-state index in [1.54, 1.807) is 0 Å². The van der Waals surface area contributed by atoms with Crippen LogP contribution in [0.5, 0.6) is 5.75 Å². The smallest absolute Gasteiger partial charge is 0.416 e. The number of nitrogens with zero attached hydrogens (tertiary/aromatic N) is 1. The average molecular weight is 394 g/mol. The number of piperazine rings is 1. The molecule has 0 radical (unpaired) electrons. The molecule has 1 aromatic carbocycles. The van der Waals surface area contributed by atoms with Crippen molar-refractivity contribution in [1.82, 2.24) is 15.5 Å². The number of nitrogens with one attached hydrogen (secondary N) is 2. The van der Waals surface area contributed by atoms with Crippen LogP contribution in [0.4, 0.5) is 13.2 Å². The van der Waals surface area contributed by atoms with Crippen LogP contribution in [-0.4, -0.2) is 56.7 Å². The van der Waals surface area contributed by atoms with Gasteiger partial charge in [0.2, 0.25) is 0 Å². The van der Waals surface area contributed by atoms with E-state index in [2.05, 4.69) is 22.1 Å². The van der Waals surface area contributed by atoms with Gasteiger partial charge in [0.1, 0.15) is 12.4 Å². The highest BCUT2D eigenvalue weighted by molar-refractivity contribution is 5.97. The Kier molecular flexibility index (Phi) is 8.91. The second-order valence-electron chi connectivity index (χ2n) is 5.66. The quantitative estimate of drug-likeness (QED) is 0.698. The molecule has 1 aliphatic heterocycles. The monoisotopic (exact) mass is 393 g/mol. The number of amides is 1. The zero-order valence-corrected chi connectivity index (χ0v) is 15.1.